The van der Waals surface area contributed by atoms with Crippen LogP contribution >= 0.6 is 0 Å². The van der Waals surface area contributed by atoms with Gasteiger partial charge in [-0.15, -0.1) is 9.92 Å². The molecule has 0 atom stereocenters. The topological polar surface area (TPSA) is 70.0 Å². The summed E-state index contributed by atoms with van der Waals surface area (Å²) in [6.07, 6.45) is -1.38. The molecule has 0 aromatic heterocycles. The van der Waals surface area contributed by atoms with E-state index in [4.69, 9.17) is 5.11 Å². The number of para-hydroxylation sites is 1. The van der Waals surface area contributed by atoms with Gasteiger partial charge in [0.05, 0.1) is 11.0 Å². The summed E-state index contributed by atoms with van der Waals surface area (Å²) in [6.45, 7) is 1.70. The van der Waals surface area contributed by atoms with Crippen molar-refractivity contribution in [2.24, 2.45) is 5.29 Å². The molecular formula is C8H8N2O3. The second-order valence-corrected chi connectivity index (χ2v) is 2.46. The van der Waals surface area contributed by atoms with Crippen LogP contribution in [-0.4, -0.2) is 11.2 Å². The van der Waals surface area contributed by atoms with E-state index in [0.717, 1.165) is 0 Å². The number of aryl methyl sites for hydroxylation is 1. The largest absolute Gasteiger partial charge is 0.463 e. The van der Waals surface area contributed by atoms with E-state index in [2.05, 4.69) is 5.29 Å². The van der Waals surface area contributed by atoms with Gasteiger partial charge in [0.15, 0.2) is 0 Å². The number of rotatable bonds is 2. The molecule has 1 aromatic carbocycles. The summed E-state index contributed by atoms with van der Waals surface area (Å²) in [5, 5.41) is 11.4. The third-order valence-corrected chi connectivity index (χ3v) is 1.61. The van der Waals surface area contributed by atoms with Gasteiger partial charge in [-0.05, 0) is 18.6 Å². The van der Waals surface area contributed by atoms with Gasteiger partial charge in [-0.1, -0.05) is 18.2 Å². The molecule has 5 nitrogen and oxygen atoms in total. The fourth-order valence-electron chi connectivity index (χ4n) is 0.983. The lowest BCUT2D eigenvalue weighted by Crippen LogP contribution is -2.22. The molecule has 0 aliphatic rings. The third-order valence-electron chi connectivity index (χ3n) is 1.61. The summed E-state index contributed by atoms with van der Waals surface area (Å²) in [7, 11) is 0. The van der Waals surface area contributed by atoms with E-state index < -0.39 is 6.09 Å². The van der Waals surface area contributed by atoms with Gasteiger partial charge in [0.25, 0.3) is 0 Å². The highest BCUT2D eigenvalue weighted by Crippen LogP contribution is 2.19. The Morgan fingerprint density at radius 2 is 2.08 bits per heavy atom. The summed E-state index contributed by atoms with van der Waals surface area (Å²) in [5.74, 6) is 0. The lowest BCUT2D eigenvalue weighted by atomic mass is 10.2. The number of nitroso groups, excluding NO2 is 1. The Morgan fingerprint density at radius 3 is 2.54 bits per heavy atom. The Balaban J connectivity index is 3.12. The Kier molecular flexibility index (Phi) is 2.59. The van der Waals surface area contributed by atoms with Gasteiger partial charge in [-0.3, -0.25) is 0 Å². The summed E-state index contributed by atoms with van der Waals surface area (Å²) in [5.41, 5.74) is 0.967. The zero-order valence-electron chi connectivity index (χ0n) is 6.97. The lowest BCUT2D eigenvalue weighted by molar-refractivity contribution is 0.202. The molecular weight excluding hydrogens is 172 g/mol. The molecule has 0 unspecified atom stereocenters. The fourth-order valence-corrected chi connectivity index (χ4v) is 0.983. The minimum Gasteiger partial charge on any atom is -0.463 e. The number of amides is 1. The van der Waals surface area contributed by atoms with Crippen molar-refractivity contribution in [1.82, 2.24) is 0 Å². The number of benzene rings is 1. The molecule has 0 spiro atoms. The molecule has 0 saturated heterocycles. The summed E-state index contributed by atoms with van der Waals surface area (Å²) >= 11 is 0. The maximum absolute atomic E-state index is 10.5. The molecule has 1 aromatic rings. The van der Waals surface area contributed by atoms with E-state index in [1.165, 1.54) is 6.07 Å². The van der Waals surface area contributed by atoms with E-state index in [-0.39, 0.29) is 5.69 Å². The molecule has 0 aliphatic carbocycles. The highest BCUT2D eigenvalue weighted by atomic mass is 16.4. The van der Waals surface area contributed by atoms with Crippen LogP contribution in [0.4, 0.5) is 10.5 Å². The molecule has 5 heteroatoms. The molecule has 0 aliphatic heterocycles. The molecule has 1 N–H and O–H groups in total. The van der Waals surface area contributed by atoms with Crippen LogP contribution in [0.15, 0.2) is 29.6 Å². The number of nitrogens with zero attached hydrogens (tertiary/aromatic N) is 2. The predicted molar refractivity (Wildman–Crippen MR) is 47.5 cm³/mol. The first-order valence-corrected chi connectivity index (χ1v) is 3.58. The first-order valence-electron chi connectivity index (χ1n) is 3.58. The first kappa shape index (κ1) is 9.18. The van der Waals surface area contributed by atoms with E-state index in [1.807, 2.05) is 0 Å². The summed E-state index contributed by atoms with van der Waals surface area (Å²) in [6, 6.07) is 6.62. The fraction of sp³-hybridized carbons (Fsp3) is 0.125. The van der Waals surface area contributed by atoms with Crippen LogP contribution in [0.25, 0.3) is 0 Å². The van der Waals surface area contributed by atoms with Crippen molar-refractivity contribution in [3.63, 3.8) is 0 Å². The SMILES string of the molecule is Cc1ccccc1N(N=O)C(=O)O. The van der Waals surface area contributed by atoms with Crippen LogP contribution in [0.3, 0.4) is 0 Å². The minimum absolute atomic E-state index is 0.282. The minimum atomic E-state index is -1.38. The van der Waals surface area contributed by atoms with Crippen molar-refractivity contribution >= 4 is 11.8 Å². The van der Waals surface area contributed by atoms with Crippen molar-refractivity contribution in [3.05, 3.63) is 34.7 Å². The van der Waals surface area contributed by atoms with Gasteiger partial charge < -0.3 is 5.11 Å². The quantitative estimate of drug-likeness (QED) is 0.560. The molecule has 13 heavy (non-hydrogen) atoms. The molecule has 0 radical (unpaired) electrons. The smallest absolute Gasteiger partial charge is 0.435 e. The van der Waals surface area contributed by atoms with E-state index >= 15 is 0 Å². The van der Waals surface area contributed by atoms with Crippen molar-refractivity contribution in [1.29, 1.82) is 0 Å². The van der Waals surface area contributed by atoms with Crippen LogP contribution in [0.1, 0.15) is 5.56 Å². The van der Waals surface area contributed by atoms with E-state index in [1.54, 1.807) is 25.1 Å². The van der Waals surface area contributed by atoms with Gasteiger partial charge in [-0.25, -0.2) is 4.79 Å². The molecule has 1 amide bonds. The number of hydrogen-bond donors (Lipinski definition) is 1. The Bertz CT molecular complexity index is 338. The number of anilines is 1. The highest BCUT2D eigenvalue weighted by Gasteiger charge is 2.15. The number of hydrogen-bond acceptors (Lipinski definition) is 3. The standard InChI is InChI=1S/C8H8N2O3/c1-6-4-2-3-5-7(6)10(9-13)8(11)12/h2-5H,1H3,(H,11,12). The van der Waals surface area contributed by atoms with E-state index in [9.17, 15) is 9.70 Å². The predicted octanol–water partition coefficient (Wildman–Crippen LogP) is 2.16. The molecule has 0 fully saturated rings. The molecule has 1 rings (SSSR count). The number of carbonyl (C=O) groups is 1. The molecule has 0 heterocycles. The van der Waals surface area contributed by atoms with Crippen molar-refractivity contribution < 1.29 is 9.90 Å². The average molecular weight is 180 g/mol. The molecule has 0 saturated carbocycles. The maximum Gasteiger partial charge on any atom is 0.435 e. The van der Waals surface area contributed by atoms with Crippen LogP contribution in [0.5, 0.6) is 0 Å². The van der Waals surface area contributed by atoms with Crippen LogP contribution in [0.2, 0.25) is 0 Å². The summed E-state index contributed by atoms with van der Waals surface area (Å²) in [4.78, 5) is 20.7. The second-order valence-electron chi connectivity index (χ2n) is 2.46. The number of carboxylic acid groups (broad SMARTS) is 1. The van der Waals surface area contributed by atoms with Crippen molar-refractivity contribution in [2.45, 2.75) is 6.92 Å². The first-order chi connectivity index (χ1) is 6.16. The van der Waals surface area contributed by atoms with Crippen molar-refractivity contribution in [2.75, 3.05) is 5.01 Å². The third kappa shape index (κ3) is 1.81. The zero-order chi connectivity index (χ0) is 9.84. The average Bonchev–Trinajstić information content (AvgIpc) is 2.09. The van der Waals surface area contributed by atoms with E-state index in [0.29, 0.717) is 10.6 Å². The van der Waals surface area contributed by atoms with Crippen molar-refractivity contribution in [3.8, 4) is 0 Å². The Hall–Kier alpha value is -1.91. The highest BCUT2D eigenvalue weighted by molar-refractivity contribution is 5.86. The molecule has 68 valence electrons. The molecule has 0 bridgehead atoms. The summed E-state index contributed by atoms with van der Waals surface area (Å²) < 4.78 is 0. The van der Waals surface area contributed by atoms with Crippen LogP contribution in [-0.2, 0) is 0 Å². The second kappa shape index (κ2) is 3.66. The van der Waals surface area contributed by atoms with Crippen LogP contribution < -0.4 is 5.01 Å². The van der Waals surface area contributed by atoms with Gasteiger partial charge in [0.2, 0.25) is 0 Å². The Morgan fingerprint density at radius 1 is 1.46 bits per heavy atom. The Labute approximate surface area is 74.5 Å². The van der Waals surface area contributed by atoms with Crippen LogP contribution in [0, 0.1) is 11.8 Å². The maximum atomic E-state index is 10.5. The lowest BCUT2D eigenvalue weighted by Gasteiger charge is -2.10. The van der Waals surface area contributed by atoms with Gasteiger partial charge in [0.1, 0.15) is 0 Å². The van der Waals surface area contributed by atoms with Gasteiger partial charge >= 0.3 is 6.09 Å². The zero-order valence-corrected chi connectivity index (χ0v) is 6.97. The normalized spacial score (nSPS) is 9.31. The van der Waals surface area contributed by atoms with Gasteiger partial charge in [0, 0.05) is 0 Å². The van der Waals surface area contributed by atoms with Gasteiger partial charge in [-0.2, -0.15) is 0 Å². The monoisotopic (exact) mass is 180 g/mol.